The van der Waals surface area contributed by atoms with Gasteiger partial charge in [0.05, 0.1) is 11.6 Å². The first-order valence-electron chi connectivity index (χ1n) is 7.08. The Kier molecular flexibility index (Phi) is 4.39. The second kappa shape index (κ2) is 6.27. The second-order valence-electron chi connectivity index (χ2n) is 5.29. The number of halogens is 2. The summed E-state index contributed by atoms with van der Waals surface area (Å²) in [6.45, 7) is 2.82. The Balaban J connectivity index is 1.85. The highest BCUT2D eigenvalue weighted by Gasteiger charge is 2.25. The average Bonchev–Trinajstić information content (AvgIpc) is 2.49. The molecule has 2 aromatic carbocycles. The van der Waals surface area contributed by atoms with E-state index in [2.05, 4.69) is 36.5 Å². The van der Waals surface area contributed by atoms with Crippen LogP contribution in [0.5, 0.6) is 5.75 Å². The van der Waals surface area contributed by atoms with Crippen molar-refractivity contribution in [2.24, 2.45) is 0 Å². The van der Waals surface area contributed by atoms with Gasteiger partial charge in [0.15, 0.2) is 0 Å². The van der Waals surface area contributed by atoms with E-state index in [1.165, 1.54) is 5.56 Å². The topological polar surface area (TPSA) is 21.3 Å². The molecule has 2 aromatic rings. The monoisotopic (exact) mass is 321 g/mol. The maximum absolute atomic E-state index is 6.23. The van der Waals surface area contributed by atoms with Gasteiger partial charge < -0.3 is 10.1 Å². The van der Waals surface area contributed by atoms with Crippen molar-refractivity contribution in [1.82, 2.24) is 5.32 Å². The molecule has 0 saturated carbocycles. The van der Waals surface area contributed by atoms with Gasteiger partial charge in [-0.2, -0.15) is 0 Å². The van der Waals surface area contributed by atoms with Crippen molar-refractivity contribution in [2.45, 2.75) is 25.4 Å². The van der Waals surface area contributed by atoms with Crippen molar-refractivity contribution in [1.29, 1.82) is 0 Å². The third kappa shape index (κ3) is 3.18. The Bertz CT molecular complexity index is 630. The van der Waals surface area contributed by atoms with E-state index in [9.17, 15) is 0 Å². The van der Waals surface area contributed by atoms with Gasteiger partial charge in [-0.05, 0) is 24.6 Å². The fraction of sp³-hybridized carbons (Fsp3) is 0.294. The van der Waals surface area contributed by atoms with Crippen LogP contribution in [0.15, 0.2) is 42.5 Å². The number of rotatable bonds is 3. The van der Waals surface area contributed by atoms with E-state index < -0.39 is 0 Å². The molecule has 4 heteroatoms. The van der Waals surface area contributed by atoms with Crippen molar-refractivity contribution in [2.75, 3.05) is 6.61 Å². The van der Waals surface area contributed by atoms with Crippen LogP contribution in [0.2, 0.25) is 10.0 Å². The third-order valence-electron chi connectivity index (χ3n) is 3.82. The predicted octanol–water partition coefficient (Wildman–Crippen LogP) is 5.17. The first-order valence-corrected chi connectivity index (χ1v) is 7.83. The van der Waals surface area contributed by atoms with Gasteiger partial charge in [0, 0.05) is 29.1 Å². The molecule has 0 fully saturated rings. The molecule has 21 heavy (non-hydrogen) atoms. The molecular formula is C17H17Cl2NO. The van der Waals surface area contributed by atoms with Gasteiger partial charge in [0.25, 0.3) is 0 Å². The van der Waals surface area contributed by atoms with Gasteiger partial charge in [-0.15, -0.1) is 0 Å². The number of benzene rings is 2. The molecule has 2 nitrogen and oxygen atoms in total. The van der Waals surface area contributed by atoms with Crippen molar-refractivity contribution in [3.05, 3.63) is 63.6 Å². The highest BCUT2D eigenvalue weighted by molar-refractivity contribution is 6.35. The van der Waals surface area contributed by atoms with Crippen molar-refractivity contribution in [3.63, 3.8) is 0 Å². The molecule has 0 amide bonds. The van der Waals surface area contributed by atoms with Gasteiger partial charge in [-0.25, -0.2) is 0 Å². The molecule has 1 N–H and O–H groups in total. The van der Waals surface area contributed by atoms with Crippen molar-refractivity contribution in [3.8, 4) is 5.75 Å². The lowest BCUT2D eigenvalue weighted by Gasteiger charge is -2.30. The molecule has 1 aliphatic rings. The molecule has 0 radical (unpaired) electrons. The van der Waals surface area contributed by atoms with Crippen LogP contribution in [0.4, 0.5) is 0 Å². The molecule has 0 aliphatic carbocycles. The summed E-state index contributed by atoms with van der Waals surface area (Å²) in [5.41, 5.74) is 2.31. The maximum atomic E-state index is 6.23. The number of hydrogen-bond donors (Lipinski definition) is 1. The SMILES string of the molecule is C[C@H](NC1CCOc2c(Cl)cc(Cl)cc21)c1ccccc1. The van der Waals surface area contributed by atoms with Crippen LogP contribution in [0.3, 0.4) is 0 Å². The Morgan fingerprint density at radius 1 is 1.19 bits per heavy atom. The predicted molar refractivity (Wildman–Crippen MR) is 87.3 cm³/mol. The van der Waals surface area contributed by atoms with E-state index in [1.54, 1.807) is 6.07 Å². The highest BCUT2D eigenvalue weighted by Crippen LogP contribution is 2.40. The van der Waals surface area contributed by atoms with E-state index in [1.807, 2.05) is 12.1 Å². The molecule has 110 valence electrons. The summed E-state index contributed by atoms with van der Waals surface area (Å²) in [5, 5.41) is 4.87. The summed E-state index contributed by atoms with van der Waals surface area (Å²) < 4.78 is 5.70. The molecule has 2 atom stereocenters. The summed E-state index contributed by atoms with van der Waals surface area (Å²) in [4.78, 5) is 0. The summed E-state index contributed by atoms with van der Waals surface area (Å²) in [6.07, 6.45) is 0.904. The molecule has 3 rings (SSSR count). The molecule has 0 saturated heterocycles. The summed E-state index contributed by atoms with van der Waals surface area (Å²) in [5.74, 6) is 0.755. The minimum atomic E-state index is 0.195. The molecule has 0 bridgehead atoms. The Hall–Kier alpha value is -1.22. The lowest BCUT2D eigenvalue weighted by molar-refractivity contribution is 0.246. The van der Waals surface area contributed by atoms with Gasteiger partial charge in [0.1, 0.15) is 5.75 Å². The summed E-state index contributed by atoms with van der Waals surface area (Å²) in [6, 6.07) is 14.5. The number of ether oxygens (including phenoxy) is 1. The molecular weight excluding hydrogens is 305 g/mol. The standard InChI is InChI=1S/C17H17Cl2NO/c1-11(12-5-3-2-4-6-12)20-16-7-8-21-17-14(16)9-13(18)10-15(17)19/h2-6,9-11,16,20H,7-8H2,1H3/t11-,16?/m0/s1. The first kappa shape index (κ1) is 14.7. The van der Waals surface area contributed by atoms with E-state index in [0.717, 1.165) is 17.7 Å². The summed E-state index contributed by atoms with van der Waals surface area (Å²) in [7, 11) is 0. The van der Waals surface area contributed by atoms with Crippen LogP contribution in [0.1, 0.15) is 36.6 Å². The molecule has 0 aromatic heterocycles. The van der Waals surface area contributed by atoms with Crippen LogP contribution < -0.4 is 10.1 Å². The van der Waals surface area contributed by atoms with Crippen LogP contribution >= 0.6 is 23.2 Å². The lowest BCUT2D eigenvalue weighted by atomic mass is 9.98. The van der Waals surface area contributed by atoms with Crippen LogP contribution in [-0.2, 0) is 0 Å². The van der Waals surface area contributed by atoms with Gasteiger partial charge in [0.2, 0.25) is 0 Å². The average molecular weight is 322 g/mol. The minimum Gasteiger partial charge on any atom is -0.492 e. The number of hydrogen-bond acceptors (Lipinski definition) is 2. The highest BCUT2D eigenvalue weighted by atomic mass is 35.5. The quantitative estimate of drug-likeness (QED) is 0.842. The van der Waals surface area contributed by atoms with E-state index in [0.29, 0.717) is 16.7 Å². The molecule has 1 heterocycles. The zero-order valence-electron chi connectivity index (χ0n) is 11.8. The van der Waals surface area contributed by atoms with E-state index in [4.69, 9.17) is 27.9 Å². The Morgan fingerprint density at radius 3 is 2.71 bits per heavy atom. The van der Waals surface area contributed by atoms with Crippen LogP contribution in [-0.4, -0.2) is 6.61 Å². The maximum Gasteiger partial charge on any atom is 0.142 e. The van der Waals surface area contributed by atoms with Crippen LogP contribution in [0.25, 0.3) is 0 Å². The molecule has 0 spiro atoms. The van der Waals surface area contributed by atoms with Crippen molar-refractivity contribution < 1.29 is 4.74 Å². The van der Waals surface area contributed by atoms with Crippen LogP contribution in [0, 0.1) is 0 Å². The second-order valence-corrected chi connectivity index (χ2v) is 6.14. The fourth-order valence-electron chi connectivity index (χ4n) is 2.74. The number of fused-ring (bicyclic) bond motifs is 1. The fourth-order valence-corrected chi connectivity index (χ4v) is 3.30. The Morgan fingerprint density at radius 2 is 1.95 bits per heavy atom. The first-order chi connectivity index (χ1) is 10.1. The summed E-state index contributed by atoms with van der Waals surface area (Å²) >= 11 is 12.4. The van der Waals surface area contributed by atoms with E-state index in [-0.39, 0.29) is 12.1 Å². The number of nitrogens with one attached hydrogen (secondary N) is 1. The zero-order chi connectivity index (χ0) is 14.8. The largest absolute Gasteiger partial charge is 0.492 e. The smallest absolute Gasteiger partial charge is 0.142 e. The van der Waals surface area contributed by atoms with Gasteiger partial charge in [-0.3, -0.25) is 0 Å². The normalized spacial score (nSPS) is 18.7. The van der Waals surface area contributed by atoms with E-state index >= 15 is 0 Å². The third-order valence-corrected chi connectivity index (χ3v) is 4.32. The molecule has 1 aliphatic heterocycles. The van der Waals surface area contributed by atoms with Crippen molar-refractivity contribution >= 4 is 23.2 Å². The lowest BCUT2D eigenvalue weighted by Crippen LogP contribution is -2.29. The van der Waals surface area contributed by atoms with Gasteiger partial charge in [-0.1, -0.05) is 53.5 Å². The zero-order valence-corrected chi connectivity index (χ0v) is 13.3. The Labute approximate surface area is 135 Å². The molecule has 1 unspecified atom stereocenters. The minimum absolute atomic E-state index is 0.195. The van der Waals surface area contributed by atoms with Gasteiger partial charge >= 0.3 is 0 Å².